The normalized spacial score (nSPS) is 9.55. The van der Waals surface area contributed by atoms with Crippen LogP contribution >= 0.6 is 27.5 Å². The molecule has 118 valence electrons. The molecule has 0 aliphatic carbocycles. The van der Waals surface area contributed by atoms with E-state index in [0.717, 1.165) is 10.0 Å². The third-order valence-electron chi connectivity index (χ3n) is 2.62. The number of rotatable bonds is 3. The lowest BCUT2D eigenvalue weighted by atomic mass is 10.2. The monoisotopic (exact) mass is 385 g/mol. The van der Waals surface area contributed by atoms with Crippen LogP contribution in [0.5, 0.6) is 5.88 Å². The first-order valence-corrected chi connectivity index (χ1v) is 7.83. The SMILES string of the molecule is CC.COc1nc(Cl)ncc1C(=O)Nc1c(C)cccc1Br. The molecule has 0 unspecified atom stereocenters. The summed E-state index contributed by atoms with van der Waals surface area (Å²) in [5.74, 6) is -0.235. The van der Waals surface area contributed by atoms with Crippen molar-refractivity contribution < 1.29 is 9.53 Å². The molecule has 0 aliphatic heterocycles. The maximum absolute atomic E-state index is 12.3. The van der Waals surface area contributed by atoms with Gasteiger partial charge in [0.05, 0.1) is 12.8 Å². The second-order valence-corrected chi connectivity index (χ2v) is 5.14. The molecule has 1 aromatic carbocycles. The van der Waals surface area contributed by atoms with E-state index >= 15 is 0 Å². The minimum atomic E-state index is -0.367. The molecule has 7 heteroatoms. The lowest BCUT2D eigenvalue weighted by molar-refractivity contribution is 0.102. The van der Waals surface area contributed by atoms with E-state index in [1.807, 2.05) is 39.0 Å². The van der Waals surface area contributed by atoms with Crippen LogP contribution in [0, 0.1) is 6.92 Å². The number of carbonyl (C=O) groups is 1. The molecule has 0 radical (unpaired) electrons. The zero-order chi connectivity index (χ0) is 16.7. The Hall–Kier alpha value is -1.66. The molecular weight excluding hydrogens is 370 g/mol. The van der Waals surface area contributed by atoms with Crippen molar-refractivity contribution in [2.45, 2.75) is 20.8 Å². The fourth-order valence-corrected chi connectivity index (χ4v) is 2.32. The fraction of sp³-hybridized carbons (Fsp3) is 0.267. The molecule has 2 rings (SSSR count). The highest BCUT2D eigenvalue weighted by Crippen LogP contribution is 2.27. The molecule has 1 amide bonds. The standard InChI is InChI=1S/C13H11BrClN3O2.C2H6/c1-7-4-3-5-9(14)10(7)17-11(19)8-6-16-13(15)18-12(8)20-2;1-2/h3-6H,1-2H3,(H,17,19);1-2H3. The molecule has 0 aliphatic rings. The number of carbonyl (C=O) groups excluding carboxylic acids is 1. The number of nitrogens with zero attached hydrogens (tertiary/aromatic N) is 2. The van der Waals surface area contributed by atoms with Crippen molar-refractivity contribution in [2.75, 3.05) is 12.4 Å². The van der Waals surface area contributed by atoms with Gasteiger partial charge < -0.3 is 10.1 Å². The van der Waals surface area contributed by atoms with E-state index in [0.29, 0.717) is 5.69 Å². The number of benzene rings is 1. The van der Waals surface area contributed by atoms with Crippen molar-refractivity contribution in [3.8, 4) is 5.88 Å². The Kier molecular flexibility index (Phi) is 7.27. The predicted molar refractivity (Wildman–Crippen MR) is 91.8 cm³/mol. The van der Waals surface area contributed by atoms with Crippen molar-refractivity contribution in [1.82, 2.24) is 9.97 Å². The minimum Gasteiger partial charge on any atom is -0.480 e. The number of anilines is 1. The van der Waals surface area contributed by atoms with E-state index in [9.17, 15) is 4.79 Å². The van der Waals surface area contributed by atoms with Gasteiger partial charge in [0.2, 0.25) is 11.2 Å². The van der Waals surface area contributed by atoms with Gasteiger partial charge in [-0.05, 0) is 46.1 Å². The maximum Gasteiger partial charge on any atom is 0.262 e. The van der Waals surface area contributed by atoms with Crippen molar-refractivity contribution in [3.05, 3.63) is 45.3 Å². The molecule has 1 heterocycles. The van der Waals surface area contributed by atoms with Gasteiger partial charge in [0.25, 0.3) is 5.91 Å². The Morgan fingerprint density at radius 2 is 2.05 bits per heavy atom. The van der Waals surface area contributed by atoms with E-state index in [-0.39, 0.29) is 22.6 Å². The number of ether oxygens (including phenoxy) is 1. The molecule has 0 saturated heterocycles. The van der Waals surface area contributed by atoms with Gasteiger partial charge in [0.15, 0.2) is 0 Å². The molecule has 0 fully saturated rings. The van der Waals surface area contributed by atoms with Gasteiger partial charge in [-0.2, -0.15) is 4.98 Å². The van der Waals surface area contributed by atoms with Gasteiger partial charge in [0, 0.05) is 10.7 Å². The second-order valence-electron chi connectivity index (χ2n) is 3.95. The molecule has 0 spiro atoms. The summed E-state index contributed by atoms with van der Waals surface area (Å²) in [6, 6.07) is 5.63. The number of para-hydroxylation sites is 1. The van der Waals surface area contributed by atoms with E-state index in [2.05, 4.69) is 31.2 Å². The smallest absolute Gasteiger partial charge is 0.262 e. The Balaban J connectivity index is 0.00000116. The molecule has 2 aromatic rings. The van der Waals surface area contributed by atoms with Crippen LogP contribution in [0.15, 0.2) is 28.9 Å². The molecule has 5 nitrogen and oxygen atoms in total. The van der Waals surface area contributed by atoms with Gasteiger partial charge in [-0.15, -0.1) is 0 Å². The number of methoxy groups -OCH3 is 1. The number of hydrogen-bond acceptors (Lipinski definition) is 4. The van der Waals surface area contributed by atoms with Gasteiger partial charge in [-0.25, -0.2) is 4.98 Å². The van der Waals surface area contributed by atoms with Gasteiger partial charge in [-0.1, -0.05) is 26.0 Å². The van der Waals surface area contributed by atoms with Gasteiger partial charge in [-0.3, -0.25) is 4.79 Å². The largest absolute Gasteiger partial charge is 0.480 e. The van der Waals surface area contributed by atoms with Crippen LogP contribution in [0.2, 0.25) is 5.28 Å². The minimum absolute atomic E-state index is 0.0236. The van der Waals surface area contributed by atoms with Crippen molar-refractivity contribution in [2.24, 2.45) is 0 Å². The van der Waals surface area contributed by atoms with Crippen LogP contribution in [0.4, 0.5) is 5.69 Å². The number of aryl methyl sites for hydroxylation is 1. The fourth-order valence-electron chi connectivity index (χ4n) is 1.63. The first-order valence-electron chi connectivity index (χ1n) is 6.66. The molecule has 0 bridgehead atoms. The quantitative estimate of drug-likeness (QED) is 0.790. The highest BCUT2D eigenvalue weighted by Gasteiger charge is 2.17. The highest BCUT2D eigenvalue weighted by atomic mass is 79.9. The first kappa shape index (κ1) is 18.4. The summed E-state index contributed by atoms with van der Waals surface area (Å²) in [5.41, 5.74) is 1.84. The molecule has 1 aromatic heterocycles. The zero-order valence-corrected chi connectivity index (χ0v) is 15.1. The summed E-state index contributed by atoms with van der Waals surface area (Å²) < 4.78 is 5.83. The van der Waals surface area contributed by atoms with Crippen molar-refractivity contribution in [3.63, 3.8) is 0 Å². The number of halogens is 2. The average Bonchev–Trinajstić information content (AvgIpc) is 2.52. The van der Waals surface area contributed by atoms with E-state index < -0.39 is 0 Å². The summed E-state index contributed by atoms with van der Waals surface area (Å²) in [6.07, 6.45) is 1.33. The predicted octanol–water partition coefficient (Wildman–Crippen LogP) is 4.49. The summed E-state index contributed by atoms with van der Waals surface area (Å²) in [6.45, 7) is 5.90. The Labute approximate surface area is 143 Å². The summed E-state index contributed by atoms with van der Waals surface area (Å²) in [5, 5.41) is 2.82. The summed E-state index contributed by atoms with van der Waals surface area (Å²) >= 11 is 9.07. The van der Waals surface area contributed by atoms with Gasteiger partial charge >= 0.3 is 0 Å². The topological polar surface area (TPSA) is 64.1 Å². The summed E-state index contributed by atoms with van der Waals surface area (Å²) in [4.78, 5) is 19.9. The number of amides is 1. The third-order valence-corrected chi connectivity index (χ3v) is 3.47. The molecule has 0 saturated carbocycles. The van der Waals surface area contributed by atoms with Crippen LogP contribution in [0.3, 0.4) is 0 Å². The van der Waals surface area contributed by atoms with Crippen molar-refractivity contribution >= 4 is 39.1 Å². The Morgan fingerprint density at radius 3 is 2.64 bits per heavy atom. The van der Waals surface area contributed by atoms with Gasteiger partial charge in [0.1, 0.15) is 5.56 Å². The lowest BCUT2D eigenvalue weighted by Gasteiger charge is -2.11. The highest BCUT2D eigenvalue weighted by molar-refractivity contribution is 9.10. The molecular formula is C15H17BrClN3O2. The average molecular weight is 387 g/mol. The second kappa shape index (κ2) is 8.70. The van der Waals surface area contributed by atoms with E-state index in [4.69, 9.17) is 16.3 Å². The molecule has 1 N–H and O–H groups in total. The van der Waals surface area contributed by atoms with Crippen LogP contribution < -0.4 is 10.1 Å². The Bertz CT molecular complexity index is 645. The van der Waals surface area contributed by atoms with Crippen LogP contribution in [-0.2, 0) is 0 Å². The van der Waals surface area contributed by atoms with E-state index in [1.165, 1.54) is 13.3 Å². The van der Waals surface area contributed by atoms with E-state index in [1.54, 1.807) is 0 Å². The van der Waals surface area contributed by atoms with Crippen molar-refractivity contribution in [1.29, 1.82) is 0 Å². The first-order chi connectivity index (χ1) is 10.5. The molecule has 22 heavy (non-hydrogen) atoms. The number of nitrogens with one attached hydrogen (secondary N) is 1. The van der Waals surface area contributed by atoms with Crippen LogP contribution in [0.25, 0.3) is 0 Å². The number of hydrogen-bond donors (Lipinski definition) is 1. The Morgan fingerprint density at radius 1 is 1.36 bits per heavy atom. The maximum atomic E-state index is 12.3. The third kappa shape index (κ3) is 4.42. The summed E-state index contributed by atoms with van der Waals surface area (Å²) in [7, 11) is 1.42. The van der Waals surface area contributed by atoms with Crippen LogP contribution in [0.1, 0.15) is 29.8 Å². The zero-order valence-electron chi connectivity index (χ0n) is 12.8. The lowest BCUT2D eigenvalue weighted by Crippen LogP contribution is -2.15. The van der Waals surface area contributed by atoms with Crippen LogP contribution in [-0.4, -0.2) is 23.0 Å². The number of aromatic nitrogens is 2. The molecule has 0 atom stereocenters.